The van der Waals surface area contributed by atoms with Gasteiger partial charge in [-0.2, -0.15) is 4.31 Å². The summed E-state index contributed by atoms with van der Waals surface area (Å²) >= 11 is 1.54. The fourth-order valence-corrected chi connectivity index (χ4v) is 6.40. The van der Waals surface area contributed by atoms with Gasteiger partial charge < -0.3 is 5.11 Å². The first-order valence-corrected chi connectivity index (χ1v) is 13.1. The van der Waals surface area contributed by atoms with Crippen molar-refractivity contribution in [2.75, 3.05) is 6.54 Å². The minimum absolute atomic E-state index is 0.212. The van der Waals surface area contributed by atoms with E-state index in [1.807, 2.05) is 17.5 Å². The number of nitrogens with one attached hydrogen (secondary N) is 1. The third-order valence-electron chi connectivity index (χ3n) is 5.65. The van der Waals surface area contributed by atoms with E-state index >= 15 is 0 Å². The summed E-state index contributed by atoms with van der Waals surface area (Å²) in [5.74, 6) is -1.69. The number of amides is 1. The zero-order chi connectivity index (χ0) is 25.2. The number of sulfonamides is 1. The van der Waals surface area contributed by atoms with E-state index < -0.39 is 33.4 Å². The molecule has 3 N–H and O–H groups in total. The van der Waals surface area contributed by atoms with Gasteiger partial charge in [0.1, 0.15) is 6.04 Å². The largest absolute Gasteiger partial charge is 0.493 e. The number of fused-ring (bicyclic) bond motifs is 1. The second kappa shape index (κ2) is 10.0. The van der Waals surface area contributed by atoms with Crippen molar-refractivity contribution in [3.05, 3.63) is 87.8 Å². The van der Waals surface area contributed by atoms with Crippen LogP contribution in [0.2, 0.25) is 0 Å². The Bertz CT molecular complexity index is 1510. The number of nitrogens with zero attached hydrogens (tertiary/aromatic N) is 3. The summed E-state index contributed by atoms with van der Waals surface area (Å²) < 4.78 is 31.6. The van der Waals surface area contributed by atoms with Crippen LogP contribution in [0.5, 0.6) is 5.88 Å². The number of carbonyl (C=O) groups excluding carboxylic acids is 1. The monoisotopic (exact) mass is 516 g/mol. The zero-order valence-corrected chi connectivity index (χ0v) is 20.4. The molecule has 35 heavy (non-hydrogen) atoms. The summed E-state index contributed by atoms with van der Waals surface area (Å²) in [6, 6.07) is 14.0. The first-order valence-electron chi connectivity index (χ1n) is 10.6. The molecule has 12 heteroatoms. The fraction of sp³-hybridized carbons (Fsp3) is 0.217. The number of hydrogen-bond acceptors (Lipinski definition) is 7. The number of benzene rings is 2. The zero-order valence-electron chi connectivity index (χ0n) is 18.7. The number of aromatic nitrogens is 2. The van der Waals surface area contributed by atoms with Crippen molar-refractivity contribution in [2.24, 2.45) is 7.05 Å². The summed E-state index contributed by atoms with van der Waals surface area (Å²) in [6.45, 7) is -0.524. The molecular weight excluding hydrogens is 492 g/mol. The van der Waals surface area contributed by atoms with Crippen LogP contribution >= 0.6 is 11.3 Å². The van der Waals surface area contributed by atoms with Gasteiger partial charge in [0.2, 0.25) is 15.9 Å². The first kappa shape index (κ1) is 24.7. The normalized spacial score (nSPS) is 12.8. The average Bonchev–Trinajstić information content (AvgIpc) is 3.39. The highest BCUT2D eigenvalue weighted by atomic mass is 32.2. The van der Waals surface area contributed by atoms with Crippen LogP contribution in [0.3, 0.4) is 0 Å². The maximum absolute atomic E-state index is 13.7. The molecule has 0 fully saturated rings. The van der Waals surface area contributed by atoms with Gasteiger partial charge in [-0.05, 0) is 40.1 Å². The smallest absolute Gasteiger partial charge is 0.330 e. The third kappa shape index (κ3) is 5.15. The number of hydrogen-bond donors (Lipinski definition) is 3. The lowest BCUT2D eigenvalue weighted by atomic mass is 10.1. The van der Waals surface area contributed by atoms with Crippen LogP contribution in [-0.2, 0) is 34.2 Å². The van der Waals surface area contributed by atoms with Gasteiger partial charge in [0.25, 0.3) is 5.91 Å². The van der Waals surface area contributed by atoms with Crippen LogP contribution in [0, 0.1) is 0 Å². The number of carbonyl (C=O) groups is 1. The van der Waals surface area contributed by atoms with Crippen LogP contribution < -0.4 is 11.2 Å². The number of aryl methyl sites for hydroxylation is 1. The van der Waals surface area contributed by atoms with Crippen molar-refractivity contribution < 1.29 is 23.5 Å². The number of hydroxylamine groups is 1. The molecule has 4 rings (SSSR count). The number of rotatable bonds is 9. The minimum Gasteiger partial charge on any atom is -0.493 e. The molecule has 0 aliphatic heterocycles. The molecule has 10 nitrogen and oxygen atoms in total. The molecule has 2 aromatic carbocycles. The summed E-state index contributed by atoms with van der Waals surface area (Å²) in [5, 5.41) is 22.4. The molecule has 0 aliphatic rings. The van der Waals surface area contributed by atoms with Gasteiger partial charge in [0.15, 0.2) is 0 Å². The highest BCUT2D eigenvalue weighted by Gasteiger charge is 2.36. The molecule has 0 aliphatic carbocycles. The van der Waals surface area contributed by atoms with Gasteiger partial charge in [0.05, 0.1) is 11.9 Å². The van der Waals surface area contributed by atoms with Gasteiger partial charge in [-0.3, -0.25) is 19.1 Å². The van der Waals surface area contributed by atoms with Crippen LogP contribution in [0.25, 0.3) is 10.1 Å². The second-order valence-electron chi connectivity index (χ2n) is 7.98. The van der Waals surface area contributed by atoms with E-state index in [0.29, 0.717) is 11.1 Å². The van der Waals surface area contributed by atoms with Crippen molar-refractivity contribution in [3.63, 3.8) is 0 Å². The predicted molar refractivity (Wildman–Crippen MR) is 132 cm³/mol. The van der Waals surface area contributed by atoms with Gasteiger partial charge in [0, 0.05) is 24.8 Å². The third-order valence-corrected chi connectivity index (χ3v) is 8.35. The molecule has 2 aromatic heterocycles. The number of thiophene rings is 1. The topological polar surface area (TPSA) is 134 Å². The van der Waals surface area contributed by atoms with E-state index in [0.717, 1.165) is 19.0 Å². The van der Waals surface area contributed by atoms with Crippen LogP contribution in [0.4, 0.5) is 0 Å². The van der Waals surface area contributed by atoms with Crippen LogP contribution in [0.15, 0.2) is 71.0 Å². The molecule has 1 unspecified atom stereocenters. The first-order chi connectivity index (χ1) is 16.7. The summed E-state index contributed by atoms with van der Waals surface area (Å²) in [6.07, 6.45) is 1.21. The van der Waals surface area contributed by atoms with Crippen molar-refractivity contribution in [3.8, 4) is 5.88 Å². The molecule has 2 heterocycles. The Labute approximate surface area is 205 Å². The van der Waals surface area contributed by atoms with Crippen LogP contribution in [-0.4, -0.2) is 44.6 Å². The van der Waals surface area contributed by atoms with Crippen LogP contribution in [0.1, 0.15) is 17.2 Å². The molecule has 1 amide bonds. The maximum atomic E-state index is 13.7. The molecule has 4 aromatic rings. The fourth-order valence-electron chi connectivity index (χ4n) is 3.97. The maximum Gasteiger partial charge on any atom is 0.330 e. The number of aromatic hydroxyl groups is 1. The Morgan fingerprint density at radius 1 is 1.17 bits per heavy atom. The van der Waals surface area contributed by atoms with Gasteiger partial charge in [-0.15, -0.1) is 11.3 Å². The van der Waals surface area contributed by atoms with E-state index in [2.05, 4.69) is 0 Å². The van der Waals surface area contributed by atoms with Crippen molar-refractivity contribution in [1.29, 1.82) is 0 Å². The SMILES string of the molecule is Cn1cc(O)n(CCN(C(C(=O)NO)c2ccccc2)S(=O)(=O)Cc2ccc3sccc3c2)c1=O. The van der Waals surface area contributed by atoms with Gasteiger partial charge in [-0.25, -0.2) is 18.7 Å². The summed E-state index contributed by atoms with van der Waals surface area (Å²) in [7, 11) is -2.70. The van der Waals surface area contributed by atoms with E-state index in [-0.39, 0.29) is 19.0 Å². The Balaban J connectivity index is 1.75. The summed E-state index contributed by atoms with van der Waals surface area (Å²) in [5.41, 5.74) is 1.88. The molecule has 1 atom stereocenters. The Hall–Kier alpha value is -3.45. The van der Waals surface area contributed by atoms with E-state index in [1.54, 1.807) is 59.3 Å². The molecular formula is C23H24N4O6S2. The minimum atomic E-state index is -4.16. The molecule has 0 saturated carbocycles. The lowest BCUT2D eigenvalue weighted by Gasteiger charge is -2.30. The van der Waals surface area contributed by atoms with Crippen molar-refractivity contribution in [1.82, 2.24) is 18.9 Å². The standard InChI is InChI=1S/C23H24N4O6S2/c1-25-14-20(28)26(23(25)30)10-11-27(21(22(29)24-31)17-5-3-2-4-6-17)35(32,33)15-16-7-8-19-18(13-16)9-12-34-19/h2-9,12-14,21,28,31H,10-11,15H2,1H3,(H,24,29). The molecule has 0 spiro atoms. The van der Waals surface area contributed by atoms with Gasteiger partial charge in [-0.1, -0.05) is 36.4 Å². The molecule has 0 bridgehead atoms. The van der Waals surface area contributed by atoms with Gasteiger partial charge >= 0.3 is 5.69 Å². The Morgan fingerprint density at radius 3 is 2.57 bits per heavy atom. The molecule has 184 valence electrons. The second-order valence-corrected chi connectivity index (χ2v) is 10.9. The van der Waals surface area contributed by atoms with E-state index in [9.17, 15) is 28.3 Å². The number of imidazole rings is 1. The Morgan fingerprint density at radius 2 is 1.91 bits per heavy atom. The average molecular weight is 517 g/mol. The van der Waals surface area contributed by atoms with E-state index in [4.69, 9.17) is 0 Å². The summed E-state index contributed by atoms with van der Waals surface area (Å²) in [4.78, 5) is 25.1. The lowest BCUT2D eigenvalue weighted by molar-refractivity contribution is -0.133. The Kier molecular flexibility index (Phi) is 7.08. The molecule has 0 saturated heterocycles. The predicted octanol–water partition coefficient (Wildman–Crippen LogP) is 2.19. The highest BCUT2D eigenvalue weighted by Crippen LogP contribution is 2.28. The van der Waals surface area contributed by atoms with Crippen molar-refractivity contribution >= 4 is 37.4 Å². The highest BCUT2D eigenvalue weighted by molar-refractivity contribution is 7.88. The van der Waals surface area contributed by atoms with Crippen molar-refractivity contribution in [2.45, 2.75) is 18.3 Å². The molecule has 0 radical (unpaired) electrons. The quantitative estimate of drug-likeness (QED) is 0.231. The lowest BCUT2D eigenvalue weighted by Crippen LogP contribution is -2.45. The van der Waals surface area contributed by atoms with E-state index in [1.165, 1.54) is 17.8 Å².